The van der Waals surface area contributed by atoms with E-state index in [0.717, 1.165) is 12.8 Å². The fourth-order valence-electron chi connectivity index (χ4n) is 3.48. The number of rotatable bonds is 3. The minimum atomic E-state index is -0.865. The van der Waals surface area contributed by atoms with Crippen molar-refractivity contribution >= 4 is 17.5 Å². The van der Waals surface area contributed by atoms with Crippen molar-refractivity contribution in [1.82, 2.24) is 9.88 Å². The summed E-state index contributed by atoms with van der Waals surface area (Å²) in [5.74, 6) is 0. The Balaban J connectivity index is 1.74. The van der Waals surface area contributed by atoms with Gasteiger partial charge in [0.15, 0.2) is 0 Å². The second-order valence-corrected chi connectivity index (χ2v) is 5.54. The molecule has 0 radical (unpaired) electrons. The fourth-order valence-corrected chi connectivity index (χ4v) is 3.48. The number of nitrogens with one attached hydrogen (secondary N) is 1. The molecule has 2 fully saturated rings. The summed E-state index contributed by atoms with van der Waals surface area (Å²) < 4.78 is 0. The number of nitrogens with zero attached hydrogens (tertiary/aromatic N) is 3. The zero-order chi connectivity index (χ0) is 15.0. The quantitative estimate of drug-likeness (QED) is 0.652. The first-order valence-electron chi connectivity index (χ1n) is 6.92. The molecule has 0 spiro atoms. The van der Waals surface area contributed by atoms with Gasteiger partial charge in [-0.2, -0.15) is 0 Å². The molecule has 1 aromatic rings. The molecule has 0 aromatic carbocycles. The summed E-state index contributed by atoms with van der Waals surface area (Å²) >= 11 is 0. The first-order valence-corrected chi connectivity index (χ1v) is 6.92. The van der Waals surface area contributed by atoms with Crippen molar-refractivity contribution in [2.24, 2.45) is 0 Å². The molecule has 8 nitrogen and oxygen atoms in total. The van der Waals surface area contributed by atoms with Crippen LogP contribution < -0.4 is 5.32 Å². The lowest BCUT2D eigenvalue weighted by Crippen LogP contribution is -2.49. The molecule has 21 heavy (non-hydrogen) atoms. The second kappa shape index (κ2) is 5.19. The number of carboxylic acid groups (broad SMARTS) is 1. The molecule has 2 saturated heterocycles. The van der Waals surface area contributed by atoms with E-state index >= 15 is 0 Å². The van der Waals surface area contributed by atoms with E-state index in [1.165, 1.54) is 12.4 Å². The Labute approximate surface area is 120 Å². The minimum absolute atomic E-state index is 0.0136. The van der Waals surface area contributed by atoms with Gasteiger partial charge in [0.1, 0.15) is 11.9 Å². The molecule has 3 heterocycles. The van der Waals surface area contributed by atoms with E-state index in [2.05, 4.69) is 10.3 Å². The van der Waals surface area contributed by atoms with Gasteiger partial charge in [0.2, 0.25) is 0 Å². The Bertz CT molecular complexity index is 565. The molecular formula is C13H16N4O4. The van der Waals surface area contributed by atoms with Gasteiger partial charge in [-0.05, 0) is 31.7 Å². The van der Waals surface area contributed by atoms with Crippen LogP contribution in [-0.4, -0.2) is 44.1 Å². The lowest BCUT2D eigenvalue weighted by Gasteiger charge is -2.37. The van der Waals surface area contributed by atoms with E-state index in [-0.39, 0.29) is 23.8 Å². The summed E-state index contributed by atoms with van der Waals surface area (Å²) in [6, 6.07) is 1.67. The molecule has 3 rings (SSSR count). The Morgan fingerprint density at radius 1 is 1.43 bits per heavy atom. The number of hydrogen-bond acceptors (Lipinski definition) is 5. The van der Waals surface area contributed by atoms with Crippen molar-refractivity contribution in [3.63, 3.8) is 0 Å². The van der Waals surface area contributed by atoms with Gasteiger partial charge in [-0.15, -0.1) is 0 Å². The van der Waals surface area contributed by atoms with Crippen LogP contribution in [-0.2, 0) is 0 Å². The topological polar surface area (TPSA) is 109 Å². The van der Waals surface area contributed by atoms with Crippen LogP contribution in [0.3, 0.4) is 0 Å². The normalized spacial score (nSPS) is 27.4. The number of fused-ring (bicyclic) bond motifs is 2. The highest BCUT2D eigenvalue weighted by atomic mass is 16.6. The molecule has 2 aliphatic rings. The molecule has 112 valence electrons. The SMILES string of the molecule is O=C(O)N1[C@@H]2CC[C@H]1CC(Nc1ccncc1[N+](=O)[O-])C2. The molecule has 1 amide bonds. The second-order valence-electron chi connectivity index (χ2n) is 5.54. The molecule has 0 saturated carbocycles. The zero-order valence-corrected chi connectivity index (χ0v) is 11.3. The van der Waals surface area contributed by atoms with Crippen molar-refractivity contribution in [3.8, 4) is 0 Å². The molecule has 1 unspecified atom stereocenters. The van der Waals surface area contributed by atoms with Crippen molar-refractivity contribution in [2.45, 2.75) is 43.8 Å². The first kappa shape index (κ1) is 13.6. The van der Waals surface area contributed by atoms with Gasteiger partial charge in [-0.3, -0.25) is 15.1 Å². The standard InChI is InChI=1S/C13H16N4O4/c18-13(19)16-9-1-2-10(16)6-8(5-9)15-11-3-4-14-7-12(11)17(20)21/h3-4,7-10H,1-2,5-6H2,(H,14,15)(H,18,19)/t8?,9-,10+. The van der Waals surface area contributed by atoms with Crippen LogP contribution >= 0.6 is 0 Å². The van der Waals surface area contributed by atoms with Crippen LogP contribution in [0, 0.1) is 10.1 Å². The molecule has 2 aliphatic heterocycles. The number of carbonyl (C=O) groups is 1. The van der Waals surface area contributed by atoms with Gasteiger partial charge in [-0.1, -0.05) is 0 Å². The zero-order valence-electron chi connectivity index (χ0n) is 11.3. The number of anilines is 1. The van der Waals surface area contributed by atoms with Crippen molar-refractivity contribution in [3.05, 3.63) is 28.6 Å². The number of piperidine rings is 1. The summed E-state index contributed by atoms with van der Waals surface area (Å²) in [4.78, 5) is 27.1. The molecule has 2 bridgehead atoms. The highest BCUT2D eigenvalue weighted by Gasteiger charge is 2.43. The average molecular weight is 292 g/mol. The summed E-state index contributed by atoms with van der Waals surface area (Å²) in [5, 5.41) is 23.4. The highest BCUT2D eigenvalue weighted by molar-refractivity contribution is 5.67. The third-order valence-electron chi connectivity index (χ3n) is 4.31. The first-order chi connectivity index (χ1) is 10.1. The molecule has 3 atom stereocenters. The van der Waals surface area contributed by atoms with Gasteiger partial charge < -0.3 is 15.3 Å². The molecule has 0 aliphatic carbocycles. The van der Waals surface area contributed by atoms with E-state index in [0.29, 0.717) is 18.5 Å². The van der Waals surface area contributed by atoms with Crippen LogP contribution in [0.5, 0.6) is 0 Å². The van der Waals surface area contributed by atoms with Gasteiger partial charge in [0.25, 0.3) is 0 Å². The van der Waals surface area contributed by atoms with Gasteiger partial charge in [0.05, 0.1) is 4.92 Å². The number of hydrogen-bond donors (Lipinski definition) is 2. The maximum absolute atomic E-state index is 11.2. The summed E-state index contributed by atoms with van der Waals surface area (Å²) in [5.41, 5.74) is 0.397. The predicted octanol–water partition coefficient (Wildman–Crippen LogP) is 2.08. The number of amides is 1. The van der Waals surface area contributed by atoms with E-state index < -0.39 is 11.0 Å². The summed E-state index contributed by atoms with van der Waals surface area (Å²) in [6.45, 7) is 0. The van der Waals surface area contributed by atoms with Crippen LogP contribution in [0.15, 0.2) is 18.5 Å². The van der Waals surface area contributed by atoms with Crippen LogP contribution in [0.2, 0.25) is 0 Å². The van der Waals surface area contributed by atoms with Crippen LogP contribution in [0.4, 0.5) is 16.2 Å². The third-order valence-corrected chi connectivity index (χ3v) is 4.31. The smallest absolute Gasteiger partial charge is 0.407 e. The Kier molecular flexibility index (Phi) is 3.36. The Hall–Kier alpha value is -2.38. The number of aromatic nitrogens is 1. The molecular weight excluding hydrogens is 276 g/mol. The number of nitro groups is 1. The maximum Gasteiger partial charge on any atom is 0.407 e. The van der Waals surface area contributed by atoms with Crippen molar-refractivity contribution < 1.29 is 14.8 Å². The van der Waals surface area contributed by atoms with Gasteiger partial charge >= 0.3 is 11.8 Å². The van der Waals surface area contributed by atoms with Crippen LogP contribution in [0.25, 0.3) is 0 Å². The van der Waals surface area contributed by atoms with E-state index in [4.69, 9.17) is 0 Å². The van der Waals surface area contributed by atoms with E-state index in [1.807, 2.05) is 0 Å². The van der Waals surface area contributed by atoms with E-state index in [1.54, 1.807) is 11.0 Å². The summed E-state index contributed by atoms with van der Waals surface area (Å²) in [7, 11) is 0. The molecule has 2 N–H and O–H groups in total. The maximum atomic E-state index is 11.2. The summed E-state index contributed by atoms with van der Waals surface area (Å²) in [6.07, 6.45) is 4.97. The Morgan fingerprint density at radius 2 is 2.10 bits per heavy atom. The molecule has 1 aromatic heterocycles. The largest absolute Gasteiger partial charge is 0.465 e. The van der Waals surface area contributed by atoms with Gasteiger partial charge in [0, 0.05) is 24.3 Å². The monoisotopic (exact) mass is 292 g/mol. The lowest BCUT2D eigenvalue weighted by molar-refractivity contribution is -0.384. The molecule has 8 heteroatoms. The average Bonchev–Trinajstić information content (AvgIpc) is 2.71. The lowest BCUT2D eigenvalue weighted by atomic mass is 9.97. The number of pyridine rings is 1. The minimum Gasteiger partial charge on any atom is -0.465 e. The van der Waals surface area contributed by atoms with Gasteiger partial charge in [-0.25, -0.2) is 4.79 Å². The predicted molar refractivity (Wildman–Crippen MR) is 74.2 cm³/mol. The van der Waals surface area contributed by atoms with Crippen molar-refractivity contribution in [2.75, 3.05) is 5.32 Å². The van der Waals surface area contributed by atoms with E-state index in [9.17, 15) is 20.0 Å². The fraction of sp³-hybridized carbons (Fsp3) is 0.538. The highest BCUT2D eigenvalue weighted by Crippen LogP contribution is 2.37. The van der Waals surface area contributed by atoms with Crippen LogP contribution in [0.1, 0.15) is 25.7 Å². The third kappa shape index (κ3) is 2.48. The Morgan fingerprint density at radius 3 is 2.67 bits per heavy atom. The van der Waals surface area contributed by atoms with Crippen molar-refractivity contribution in [1.29, 1.82) is 0 Å².